The summed E-state index contributed by atoms with van der Waals surface area (Å²) in [6.07, 6.45) is 10.8. The van der Waals surface area contributed by atoms with Crippen molar-refractivity contribution in [1.82, 2.24) is 4.98 Å². The molecule has 0 saturated heterocycles. The number of carboxylic acid groups (broad SMARTS) is 1. The van der Waals surface area contributed by atoms with Gasteiger partial charge in [-0.3, -0.25) is 4.79 Å². The predicted molar refractivity (Wildman–Crippen MR) is 330 cm³/mol. The lowest BCUT2D eigenvalue weighted by Crippen LogP contribution is -2.41. The molecule has 3 N–H and O–H groups in total. The number of aromatic hydroxyl groups is 1. The maximum atomic E-state index is 13.9. The number of aromatic nitrogens is 1. The van der Waals surface area contributed by atoms with Gasteiger partial charge in [0, 0.05) is 27.9 Å². The fourth-order valence-corrected chi connectivity index (χ4v) is 13.7. The molecule has 7 nitrogen and oxygen atoms in total. The molecule has 1 aromatic heterocycles. The molecule has 81 heavy (non-hydrogen) atoms. The standard InChI is InChI=1S/C74H81NO6/c1-6-19-57(70(72(77)78)49-59-52-75-71-29-17-16-28-69(59)71)48-58(56-31-40-65(76)41-32-56)51-73(62-34-42-66(79-3)43-35-62,63-36-44-67(80-4)45-37-63)53(2)30-33-61(27-18-24-54-20-10-7-11-21-54)74(60-25-14-9-15-26-60,50-55-22-12-8-13-23-55)64-38-46-68(81-5)47-39-64/h7-17,20-23,25-26,28-29,31-32,34-47,52-53,57-58,61,70,75-76H,6,18-19,24,27,30,33,48-51H2,1-5H3,(H,77,78). The second-order valence-corrected chi connectivity index (χ2v) is 22.5. The number of H-pyrrole nitrogens is 1. The summed E-state index contributed by atoms with van der Waals surface area (Å²) in [4.78, 5) is 17.3. The molecule has 6 atom stereocenters. The van der Waals surface area contributed by atoms with Crippen LogP contribution in [0.3, 0.4) is 0 Å². The summed E-state index contributed by atoms with van der Waals surface area (Å²) in [5, 5.41) is 23.3. The number of phenolic OH excluding ortho intramolecular Hbond substituents is 1. The van der Waals surface area contributed by atoms with E-state index in [4.69, 9.17) is 14.2 Å². The summed E-state index contributed by atoms with van der Waals surface area (Å²) >= 11 is 0. The number of nitrogens with one attached hydrogen (secondary N) is 1. The first-order chi connectivity index (χ1) is 39.6. The number of aromatic amines is 1. The van der Waals surface area contributed by atoms with E-state index in [-0.39, 0.29) is 29.4 Å². The van der Waals surface area contributed by atoms with Crippen molar-refractivity contribution in [2.24, 2.45) is 23.7 Å². The van der Waals surface area contributed by atoms with Crippen molar-refractivity contribution >= 4 is 16.9 Å². The van der Waals surface area contributed by atoms with Gasteiger partial charge in [-0.15, -0.1) is 0 Å². The number of aryl methyl sites for hydroxylation is 1. The van der Waals surface area contributed by atoms with Crippen molar-refractivity contribution in [2.75, 3.05) is 21.3 Å². The lowest BCUT2D eigenvalue weighted by Gasteiger charge is -2.46. The smallest absolute Gasteiger partial charge is 0.307 e. The lowest BCUT2D eigenvalue weighted by atomic mass is 9.57. The van der Waals surface area contributed by atoms with Gasteiger partial charge in [0.1, 0.15) is 23.0 Å². The average molecular weight is 1080 g/mol. The number of hydrogen-bond donors (Lipinski definition) is 3. The summed E-state index contributed by atoms with van der Waals surface area (Å²) in [7, 11) is 5.17. The predicted octanol–water partition coefficient (Wildman–Crippen LogP) is 17.4. The monoisotopic (exact) mass is 1080 g/mol. The number of benzene rings is 8. The Morgan fingerprint density at radius 2 is 1.06 bits per heavy atom. The van der Waals surface area contributed by atoms with Crippen LogP contribution in [0.15, 0.2) is 219 Å². The van der Waals surface area contributed by atoms with Gasteiger partial charge in [-0.05, 0) is 187 Å². The number of fused-ring (bicyclic) bond motifs is 1. The first kappa shape index (κ1) is 57.6. The third-order valence-corrected chi connectivity index (χ3v) is 18.0. The minimum atomic E-state index is -0.777. The van der Waals surface area contributed by atoms with Crippen molar-refractivity contribution in [1.29, 1.82) is 0 Å². The van der Waals surface area contributed by atoms with Gasteiger partial charge in [-0.25, -0.2) is 0 Å². The van der Waals surface area contributed by atoms with E-state index in [1.54, 1.807) is 33.5 Å². The number of hydrogen-bond acceptors (Lipinski definition) is 5. The van der Waals surface area contributed by atoms with E-state index in [0.717, 1.165) is 90.6 Å². The molecule has 0 aliphatic carbocycles. The van der Waals surface area contributed by atoms with Gasteiger partial charge in [0.05, 0.1) is 27.2 Å². The second kappa shape index (κ2) is 27.4. The molecule has 418 valence electrons. The van der Waals surface area contributed by atoms with E-state index >= 15 is 0 Å². The highest BCUT2D eigenvalue weighted by molar-refractivity contribution is 5.84. The summed E-state index contributed by atoms with van der Waals surface area (Å²) in [6, 6.07) is 75.3. The molecular formula is C74H81NO6. The molecule has 0 amide bonds. The van der Waals surface area contributed by atoms with Crippen LogP contribution in [0.25, 0.3) is 10.9 Å². The van der Waals surface area contributed by atoms with Crippen LogP contribution in [0.4, 0.5) is 0 Å². The fraction of sp³-hybridized carbons (Fsp3) is 0.311. The molecule has 9 rings (SSSR count). The van der Waals surface area contributed by atoms with Gasteiger partial charge in [-0.2, -0.15) is 0 Å². The van der Waals surface area contributed by atoms with Crippen LogP contribution in [-0.4, -0.2) is 42.5 Å². The molecular weight excluding hydrogens is 999 g/mol. The number of ether oxygens (including phenoxy) is 3. The van der Waals surface area contributed by atoms with E-state index in [1.165, 1.54) is 33.4 Å². The van der Waals surface area contributed by atoms with Crippen LogP contribution in [0.2, 0.25) is 0 Å². The Labute approximate surface area is 481 Å². The molecule has 7 heteroatoms. The number of aliphatic carboxylic acids is 1. The molecule has 8 aromatic carbocycles. The largest absolute Gasteiger partial charge is 0.508 e. The molecule has 0 saturated carbocycles. The second-order valence-electron chi connectivity index (χ2n) is 22.5. The molecule has 0 radical (unpaired) electrons. The fourth-order valence-electron chi connectivity index (χ4n) is 13.7. The van der Waals surface area contributed by atoms with E-state index in [2.05, 4.69) is 207 Å². The van der Waals surface area contributed by atoms with Crippen LogP contribution < -0.4 is 14.2 Å². The Morgan fingerprint density at radius 3 is 1.60 bits per heavy atom. The van der Waals surface area contributed by atoms with Crippen LogP contribution >= 0.6 is 0 Å². The van der Waals surface area contributed by atoms with Gasteiger partial charge in [0.15, 0.2) is 0 Å². The molecule has 0 aliphatic heterocycles. The summed E-state index contributed by atoms with van der Waals surface area (Å²) < 4.78 is 17.6. The van der Waals surface area contributed by atoms with Crippen molar-refractivity contribution in [2.45, 2.75) is 101 Å². The van der Waals surface area contributed by atoms with Gasteiger partial charge in [0.2, 0.25) is 0 Å². The topological polar surface area (TPSA) is 101 Å². The van der Waals surface area contributed by atoms with Gasteiger partial charge in [-0.1, -0.05) is 178 Å². The minimum Gasteiger partial charge on any atom is -0.508 e. The quantitative estimate of drug-likeness (QED) is 0.0432. The molecule has 0 fully saturated rings. The number of methoxy groups -OCH3 is 3. The Bertz CT molecular complexity index is 3270. The maximum Gasteiger partial charge on any atom is 0.307 e. The van der Waals surface area contributed by atoms with Gasteiger partial charge < -0.3 is 29.4 Å². The first-order valence-electron chi connectivity index (χ1n) is 29.2. The number of phenols is 1. The molecule has 0 aliphatic rings. The number of carbonyl (C=O) groups is 1. The summed E-state index contributed by atoms with van der Waals surface area (Å²) in [5.74, 6) is 1.09. The van der Waals surface area contributed by atoms with Crippen molar-refractivity contribution in [3.05, 3.63) is 263 Å². The van der Waals surface area contributed by atoms with Crippen LogP contribution in [-0.2, 0) is 34.9 Å². The molecule has 6 unspecified atom stereocenters. The highest BCUT2D eigenvalue weighted by Crippen LogP contribution is 2.53. The van der Waals surface area contributed by atoms with Crippen LogP contribution in [0.1, 0.15) is 116 Å². The van der Waals surface area contributed by atoms with Crippen LogP contribution in [0, 0.1) is 23.7 Å². The van der Waals surface area contributed by atoms with Crippen molar-refractivity contribution in [3.8, 4) is 23.0 Å². The Morgan fingerprint density at radius 1 is 0.556 bits per heavy atom. The van der Waals surface area contributed by atoms with E-state index in [9.17, 15) is 15.0 Å². The lowest BCUT2D eigenvalue weighted by molar-refractivity contribution is -0.144. The summed E-state index contributed by atoms with van der Waals surface area (Å²) in [6.45, 7) is 4.63. The number of carboxylic acids is 1. The molecule has 1 heterocycles. The number of para-hydroxylation sites is 1. The maximum absolute atomic E-state index is 13.9. The third-order valence-electron chi connectivity index (χ3n) is 18.0. The summed E-state index contributed by atoms with van der Waals surface area (Å²) in [5.41, 5.74) is 9.56. The zero-order valence-corrected chi connectivity index (χ0v) is 48.0. The molecule has 9 aromatic rings. The molecule has 0 spiro atoms. The Hall–Kier alpha value is -8.03. The highest BCUT2D eigenvalue weighted by atomic mass is 16.5. The average Bonchev–Trinajstić information content (AvgIpc) is 4.04. The van der Waals surface area contributed by atoms with Crippen molar-refractivity contribution in [3.63, 3.8) is 0 Å². The van der Waals surface area contributed by atoms with E-state index in [0.29, 0.717) is 19.3 Å². The number of rotatable bonds is 29. The van der Waals surface area contributed by atoms with Gasteiger partial charge >= 0.3 is 5.97 Å². The zero-order valence-electron chi connectivity index (χ0n) is 48.0. The van der Waals surface area contributed by atoms with Crippen LogP contribution in [0.5, 0.6) is 23.0 Å². The Balaban J connectivity index is 1.21. The Kier molecular flexibility index (Phi) is 19.5. The normalized spacial score (nSPS) is 14.3. The zero-order chi connectivity index (χ0) is 56.6. The third kappa shape index (κ3) is 13.4. The van der Waals surface area contributed by atoms with Gasteiger partial charge in [0.25, 0.3) is 0 Å². The SMILES string of the molecule is CCCC(CC(CC(c1ccc(OC)cc1)(c1ccc(OC)cc1)C(C)CCC(CCCc1ccccc1)C(Cc1ccccc1)(c1ccccc1)c1ccc(OC)cc1)c1ccc(O)cc1)C(Cc1c[nH]c2ccccc12)C(=O)O. The highest BCUT2D eigenvalue weighted by Gasteiger charge is 2.46. The van der Waals surface area contributed by atoms with E-state index < -0.39 is 22.7 Å². The minimum absolute atomic E-state index is 0.0303. The van der Waals surface area contributed by atoms with Crippen molar-refractivity contribution < 1.29 is 29.2 Å². The first-order valence-corrected chi connectivity index (χ1v) is 29.2. The van der Waals surface area contributed by atoms with E-state index in [1.807, 2.05) is 18.3 Å². The molecule has 0 bridgehead atoms.